The van der Waals surface area contributed by atoms with Gasteiger partial charge in [-0.3, -0.25) is 4.79 Å². The van der Waals surface area contributed by atoms with Gasteiger partial charge in [0.15, 0.2) is 0 Å². The summed E-state index contributed by atoms with van der Waals surface area (Å²) in [6.07, 6.45) is 4.81. The predicted molar refractivity (Wildman–Crippen MR) is 88.0 cm³/mol. The van der Waals surface area contributed by atoms with Crippen molar-refractivity contribution in [3.05, 3.63) is 48.3 Å². The molecule has 1 aromatic heterocycles. The lowest BCUT2D eigenvalue weighted by molar-refractivity contribution is -0.0809. The quantitative estimate of drug-likeness (QED) is 0.907. The zero-order valence-corrected chi connectivity index (χ0v) is 13.6. The number of nitrogens with zero attached hydrogens (tertiary/aromatic N) is 2. The smallest absolute Gasteiger partial charge is 0.251 e. The first-order chi connectivity index (χ1) is 11.8. The minimum atomic E-state index is -0.0551. The highest BCUT2D eigenvalue weighted by Crippen LogP contribution is 2.43. The molecule has 1 saturated carbocycles. The Hall–Kier alpha value is -2.18. The molecule has 2 fully saturated rings. The molecule has 1 aromatic carbocycles. The molecule has 1 N–H and O–H groups in total. The van der Waals surface area contributed by atoms with Gasteiger partial charge in [-0.2, -0.15) is 5.10 Å². The van der Waals surface area contributed by atoms with E-state index in [9.17, 15) is 4.79 Å². The van der Waals surface area contributed by atoms with Crippen LogP contribution < -0.4 is 5.32 Å². The fourth-order valence-corrected chi connectivity index (χ4v) is 3.88. The fourth-order valence-electron chi connectivity index (χ4n) is 3.88. The number of ether oxygens (including phenoxy) is 2. The van der Waals surface area contributed by atoms with Gasteiger partial charge in [-0.05, 0) is 30.7 Å². The number of methoxy groups -OCH3 is 1. The van der Waals surface area contributed by atoms with Crippen LogP contribution in [0.25, 0.3) is 5.69 Å². The molecule has 0 bridgehead atoms. The minimum Gasteiger partial charge on any atom is -0.384 e. The standard InChI is InChI=1S/C18H21N3O3/c1-23-11-15-16(14-6-9-24-17(14)15)20-18(22)12-4-2-5-13(10-12)21-8-3-7-19-21/h2-5,7-8,10,14-17H,6,9,11H2,1H3,(H,20,22)/t14-,15-,16-,17-/m0/s1. The zero-order valence-electron chi connectivity index (χ0n) is 13.6. The minimum absolute atomic E-state index is 0.0551. The molecule has 1 aliphatic carbocycles. The van der Waals surface area contributed by atoms with Crippen molar-refractivity contribution in [1.29, 1.82) is 0 Å². The molecule has 2 aliphatic rings. The Kier molecular flexibility index (Phi) is 4.08. The van der Waals surface area contributed by atoms with Gasteiger partial charge in [-0.25, -0.2) is 4.68 Å². The summed E-state index contributed by atoms with van der Waals surface area (Å²) in [5.74, 6) is 0.588. The van der Waals surface area contributed by atoms with Gasteiger partial charge in [-0.15, -0.1) is 0 Å². The van der Waals surface area contributed by atoms with E-state index in [2.05, 4.69) is 10.4 Å². The van der Waals surface area contributed by atoms with Crippen LogP contribution in [0.15, 0.2) is 42.7 Å². The summed E-state index contributed by atoms with van der Waals surface area (Å²) >= 11 is 0. The van der Waals surface area contributed by atoms with Crippen LogP contribution in [0.4, 0.5) is 0 Å². The van der Waals surface area contributed by atoms with Gasteiger partial charge >= 0.3 is 0 Å². The van der Waals surface area contributed by atoms with Crippen molar-refractivity contribution >= 4 is 5.91 Å². The van der Waals surface area contributed by atoms with Crippen LogP contribution in [0.5, 0.6) is 0 Å². The molecule has 0 spiro atoms. The van der Waals surface area contributed by atoms with E-state index < -0.39 is 0 Å². The van der Waals surface area contributed by atoms with Crippen molar-refractivity contribution in [3.63, 3.8) is 0 Å². The third-order valence-corrected chi connectivity index (χ3v) is 5.06. The number of carbonyl (C=O) groups is 1. The number of carbonyl (C=O) groups excluding carboxylic acids is 1. The molecule has 6 nitrogen and oxygen atoms in total. The Morgan fingerprint density at radius 1 is 1.46 bits per heavy atom. The van der Waals surface area contributed by atoms with E-state index in [1.54, 1.807) is 18.0 Å². The van der Waals surface area contributed by atoms with Crippen LogP contribution in [0.3, 0.4) is 0 Å². The molecule has 1 saturated heterocycles. The van der Waals surface area contributed by atoms with E-state index in [4.69, 9.17) is 9.47 Å². The zero-order chi connectivity index (χ0) is 16.5. The topological polar surface area (TPSA) is 65.4 Å². The van der Waals surface area contributed by atoms with Crippen molar-refractivity contribution in [2.45, 2.75) is 18.6 Å². The second kappa shape index (κ2) is 6.37. The maximum Gasteiger partial charge on any atom is 0.251 e. The molecule has 1 amide bonds. The van der Waals surface area contributed by atoms with Crippen molar-refractivity contribution in [2.24, 2.45) is 11.8 Å². The molecule has 1 aliphatic heterocycles. The highest BCUT2D eigenvalue weighted by atomic mass is 16.5. The van der Waals surface area contributed by atoms with E-state index in [0.29, 0.717) is 18.1 Å². The molecule has 126 valence electrons. The number of aromatic nitrogens is 2. The monoisotopic (exact) mass is 327 g/mol. The summed E-state index contributed by atoms with van der Waals surface area (Å²) in [6, 6.07) is 9.47. The van der Waals surface area contributed by atoms with Gasteiger partial charge in [-0.1, -0.05) is 6.07 Å². The van der Waals surface area contributed by atoms with Crippen LogP contribution in [-0.4, -0.2) is 48.2 Å². The van der Waals surface area contributed by atoms with E-state index >= 15 is 0 Å². The predicted octanol–water partition coefficient (Wildman–Crippen LogP) is 1.65. The van der Waals surface area contributed by atoms with E-state index in [-0.39, 0.29) is 24.0 Å². The van der Waals surface area contributed by atoms with Gasteiger partial charge in [0.25, 0.3) is 5.91 Å². The maximum absolute atomic E-state index is 12.7. The third kappa shape index (κ3) is 2.61. The normalized spacial score (nSPS) is 28.2. The lowest BCUT2D eigenvalue weighted by Crippen LogP contribution is -2.62. The Bertz CT molecular complexity index is 716. The Morgan fingerprint density at radius 3 is 3.17 bits per heavy atom. The average Bonchev–Trinajstić information content (AvgIpc) is 3.27. The highest BCUT2D eigenvalue weighted by molar-refractivity contribution is 5.95. The Labute approximate surface area is 140 Å². The fraction of sp³-hybridized carbons (Fsp3) is 0.444. The van der Waals surface area contributed by atoms with Crippen molar-refractivity contribution < 1.29 is 14.3 Å². The van der Waals surface area contributed by atoms with Gasteiger partial charge in [0.2, 0.25) is 0 Å². The molecule has 4 atom stereocenters. The summed E-state index contributed by atoms with van der Waals surface area (Å²) < 4.78 is 12.8. The van der Waals surface area contributed by atoms with Gasteiger partial charge in [0.05, 0.1) is 18.4 Å². The number of rotatable bonds is 5. The summed E-state index contributed by atoms with van der Waals surface area (Å²) in [7, 11) is 1.69. The average molecular weight is 327 g/mol. The number of fused-ring (bicyclic) bond motifs is 1. The van der Waals surface area contributed by atoms with Gasteiger partial charge in [0.1, 0.15) is 0 Å². The Morgan fingerprint density at radius 2 is 2.38 bits per heavy atom. The van der Waals surface area contributed by atoms with Gasteiger partial charge < -0.3 is 14.8 Å². The van der Waals surface area contributed by atoms with E-state index in [0.717, 1.165) is 18.7 Å². The summed E-state index contributed by atoms with van der Waals surface area (Å²) in [6.45, 7) is 1.39. The number of benzene rings is 1. The molecular weight excluding hydrogens is 306 g/mol. The molecule has 0 radical (unpaired) electrons. The third-order valence-electron chi connectivity index (χ3n) is 5.06. The van der Waals surface area contributed by atoms with Crippen LogP contribution in [0.1, 0.15) is 16.8 Å². The molecule has 2 heterocycles. The highest BCUT2D eigenvalue weighted by Gasteiger charge is 2.54. The lowest BCUT2D eigenvalue weighted by atomic mass is 9.67. The van der Waals surface area contributed by atoms with Crippen LogP contribution in [0.2, 0.25) is 0 Å². The van der Waals surface area contributed by atoms with Crippen LogP contribution in [-0.2, 0) is 9.47 Å². The summed E-state index contributed by atoms with van der Waals surface area (Å²) in [5.41, 5.74) is 1.51. The largest absolute Gasteiger partial charge is 0.384 e. The molecular formula is C18H21N3O3. The molecule has 0 unspecified atom stereocenters. The molecule has 2 aromatic rings. The second-order valence-electron chi connectivity index (χ2n) is 6.41. The van der Waals surface area contributed by atoms with Crippen LogP contribution >= 0.6 is 0 Å². The van der Waals surface area contributed by atoms with Crippen LogP contribution in [0, 0.1) is 11.8 Å². The van der Waals surface area contributed by atoms with E-state index in [1.165, 1.54) is 0 Å². The maximum atomic E-state index is 12.7. The number of amides is 1. The lowest BCUT2D eigenvalue weighted by Gasteiger charge is -2.47. The first-order valence-electron chi connectivity index (χ1n) is 8.29. The first-order valence-corrected chi connectivity index (χ1v) is 8.29. The van der Waals surface area contributed by atoms with Crippen molar-refractivity contribution in [2.75, 3.05) is 20.3 Å². The first kappa shape index (κ1) is 15.4. The number of nitrogens with one attached hydrogen (secondary N) is 1. The van der Waals surface area contributed by atoms with Crippen molar-refractivity contribution in [3.8, 4) is 5.69 Å². The number of hydrogen-bond acceptors (Lipinski definition) is 4. The summed E-state index contributed by atoms with van der Waals surface area (Å²) in [4.78, 5) is 12.7. The SMILES string of the molecule is COC[C@H]1[C@@H](NC(=O)c2cccc(-n3cccn3)c2)[C@@H]2CCO[C@@H]21. The van der Waals surface area contributed by atoms with E-state index in [1.807, 2.05) is 36.5 Å². The number of hydrogen-bond donors (Lipinski definition) is 1. The Balaban J connectivity index is 1.49. The van der Waals surface area contributed by atoms with Crippen molar-refractivity contribution in [1.82, 2.24) is 15.1 Å². The molecule has 6 heteroatoms. The second-order valence-corrected chi connectivity index (χ2v) is 6.41. The summed E-state index contributed by atoms with van der Waals surface area (Å²) in [5, 5.41) is 7.39. The molecule has 4 rings (SSSR count). The van der Waals surface area contributed by atoms with Gasteiger partial charge in [0, 0.05) is 49.6 Å². The molecule has 24 heavy (non-hydrogen) atoms.